The lowest BCUT2D eigenvalue weighted by atomic mass is 9.95. The number of amides is 1. The number of carbonyl (C=O) groups excluding carboxylic acids is 2. The third kappa shape index (κ3) is 5.54. The number of methoxy groups -OCH3 is 1. The maximum Gasteiger partial charge on any atom is 0.295 e. The lowest BCUT2D eigenvalue weighted by Gasteiger charge is -2.28. The highest BCUT2D eigenvalue weighted by atomic mass is 16.5. The van der Waals surface area contributed by atoms with Crippen LogP contribution in [0.15, 0.2) is 54.1 Å². The molecule has 1 aliphatic rings. The molecule has 176 valence electrons. The molecule has 1 atom stereocenters. The van der Waals surface area contributed by atoms with Gasteiger partial charge in [-0.15, -0.1) is 0 Å². The summed E-state index contributed by atoms with van der Waals surface area (Å²) in [7, 11) is 5.61. The van der Waals surface area contributed by atoms with Crippen LogP contribution < -0.4 is 19.5 Å². The average molecular weight is 453 g/mol. The third-order valence-electron chi connectivity index (χ3n) is 5.53. The van der Waals surface area contributed by atoms with Crippen LogP contribution in [0.2, 0.25) is 0 Å². The summed E-state index contributed by atoms with van der Waals surface area (Å²) in [5.74, 6) is -0.511. The topological polar surface area (TPSA) is 83.3 Å². The van der Waals surface area contributed by atoms with Crippen LogP contribution in [0.25, 0.3) is 5.76 Å². The number of hydrogen-bond acceptors (Lipinski definition) is 5. The molecule has 0 saturated carbocycles. The van der Waals surface area contributed by atoms with Gasteiger partial charge in [0.25, 0.3) is 5.91 Å². The molecule has 1 unspecified atom stereocenters. The molecule has 33 heavy (non-hydrogen) atoms. The summed E-state index contributed by atoms with van der Waals surface area (Å²) >= 11 is 0. The molecule has 0 radical (unpaired) electrons. The van der Waals surface area contributed by atoms with E-state index >= 15 is 0 Å². The zero-order valence-corrected chi connectivity index (χ0v) is 19.9. The Balaban J connectivity index is 2.04. The van der Waals surface area contributed by atoms with Crippen molar-refractivity contribution in [3.63, 3.8) is 0 Å². The standard InChI is InChI=1S/C26H32N2O5/c1-17(2)33-21-13-7-18(8-14-21)23-22(24(29)19-9-11-20(32-5)12-10-19)25(30)26(31)28(23)16-6-15-27(3)4/h7-14,17,23,29H,6,15-16H2,1-5H3/b24-22+. The third-order valence-corrected chi connectivity index (χ3v) is 5.53. The van der Waals surface area contributed by atoms with Gasteiger partial charge in [-0.3, -0.25) is 9.59 Å². The zero-order valence-electron chi connectivity index (χ0n) is 19.9. The molecule has 2 aromatic carbocycles. The molecule has 1 N–H and O–H groups in total. The van der Waals surface area contributed by atoms with E-state index in [1.165, 1.54) is 9.80 Å². The first-order chi connectivity index (χ1) is 15.7. The second-order valence-corrected chi connectivity index (χ2v) is 8.75. The van der Waals surface area contributed by atoms with Crippen molar-refractivity contribution in [3.8, 4) is 11.5 Å². The summed E-state index contributed by atoms with van der Waals surface area (Å²) in [6, 6.07) is 13.1. The Morgan fingerprint density at radius 2 is 1.64 bits per heavy atom. The minimum Gasteiger partial charge on any atom is -0.872 e. The summed E-state index contributed by atoms with van der Waals surface area (Å²) in [4.78, 5) is 28.8. The van der Waals surface area contributed by atoms with Crippen LogP contribution in [0.4, 0.5) is 0 Å². The van der Waals surface area contributed by atoms with E-state index in [1.54, 1.807) is 43.5 Å². The van der Waals surface area contributed by atoms with Gasteiger partial charge in [0.1, 0.15) is 11.5 Å². The van der Waals surface area contributed by atoms with Crippen LogP contribution in [0.1, 0.15) is 37.4 Å². The molecule has 1 saturated heterocycles. The molecular weight excluding hydrogens is 420 g/mol. The Labute approximate surface area is 195 Å². The molecule has 1 aliphatic heterocycles. The van der Waals surface area contributed by atoms with E-state index in [4.69, 9.17) is 9.47 Å². The number of carbonyl (C=O) groups is 2. The Morgan fingerprint density at radius 3 is 2.18 bits per heavy atom. The van der Waals surface area contributed by atoms with E-state index in [0.717, 1.165) is 13.0 Å². The van der Waals surface area contributed by atoms with Crippen LogP contribution in [0.5, 0.6) is 11.5 Å². The van der Waals surface area contributed by atoms with Gasteiger partial charge in [-0.05, 0) is 49.2 Å². The predicted octanol–water partition coefficient (Wildman–Crippen LogP) is 1.24. The van der Waals surface area contributed by atoms with Crippen LogP contribution >= 0.6 is 0 Å². The van der Waals surface area contributed by atoms with Gasteiger partial charge in [-0.2, -0.15) is 0 Å². The molecule has 7 heteroatoms. The Hall–Kier alpha value is -3.32. The van der Waals surface area contributed by atoms with Crippen molar-refractivity contribution in [2.24, 2.45) is 0 Å². The summed E-state index contributed by atoms with van der Waals surface area (Å²) in [5, 5.41) is 13.4. The van der Waals surface area contributed by atoms with Crippen LogP contribution in [0.3, 0.4) is 0 Å². The molecule has 1 heterocycles. The molecule has 1 fully saturated rings. The van der Waals surface area contributed by atoms with E-state index in [2.05, 4.69) is 0 Å². The van der Waals surface area contributed by atoms with Crippen molar-refractivity contribution in [2.45, 2.75) is 32.4 Å². The average Bonchev–Trinajstić information content (AvgIpc) is 3.03. The fourth-order valence-electron chi connectivity index (χ4n) is 3.95. The zero-order chi connectivity index (χ0) is 24.1. The summed E-state index contributed by atoms with van der Waals surface area (Å²) in [6.07, 6.45) is 0.741. The number of likely N-dealkylation sites (tertiary alicyclic amines) is 1. The molecule has 3 rings (SSSR count). The first kappa shape index (κ1) is 24.3. The van der Waals surface area contributed by atoms with E-state index in [-0.39, 0.29) is 11.7 Å². The highest BCUT2D eigenvalue weighted by Crippen LogP contribution is 2.39. The van der Waals surface area contributed by atoms with Gasteiger partial charge in [0.15, 0.2) is 0 Å². The van der Waals surface area contributed by atoms with E-state index in [1.807, 2.05) is 40.1 Å². The number of Topliss-reactive ketones (excluding diaryl/α,β-unsaturated/α-hetero) is 1. The Bertz CT molecular complexity index is 1010. The monoisotopic (exact) mass is 452 g/mol. The number of benzene rings is 2. The van der Waals surface area contributed by atoms with Crippen LogP contribution in [-0.2, 0) is 9.59 Å². The lowest BCUT2D eigenvalue weighted by molar-refractivity contribution is -0.858. The smallest absolute Gasteiger partial charge is 0.295 e. The van der Waals surface area contributed by atoms with Gasteiger partial charge in [0.2, 0.25) is 5.78 Å². The molecule has 0 aliphatic carbocycles. The van der Waals surface area contributed by atoms with Crippen LogP contribution in [0, 0.1) is 0 Å². The number of ether oxygens (including phenoxy) is 2. The highest BCUT2D eigenvalue weighted by Gasteiger charge is 2.43. The number of ketones is 1. The fraction of sp³-hybridized carbons (Fsp3) is 0.385. The number of hydrogen-bond donors (Lipinski definition) is 1. The fourth-order valence-corrected chi connectivity index (χ4v) is 3.95. The van der Waals surface area contributed by atoms with Crippen molar-refractivity contribution in [1.82, 2.24) is 4.90 Å². The van der Waals surface area contributed by atoms with Gasteiger partial charge in [-0.1, -0.05) is 30.0 Å². The van der Waals surface area contributed by atoms with Gasteiger partial charge < -0.3 is 24.4 Å². The highest BCUT2D eigenvalue weighted by molar-refractivity contribution is 6.46. The molecular formula is C26H32N2O5. The first-order valence-electron chi connectivity index (χ1n) is 11.2. The number of nitrogens with one attached hydrogen (secondary N) is 1. The summed E-state index contributed by atoms with van der Waals surface area (Å²) in [5.41, 5.74) is 1.04. The van der Waals surface area contributed by atoms with E-state index in [9.17, 15) is 14.7 Å². The molecule has 0 bridgehead atoms. The Morgan fingerprint density at radius 1 is 1.03 bits per heavy atom. The van der Waals surface area contributed by atoms with Crippen molar-refractivity contribution >= 4 is 17.4 Å². The van der Waals surface area contributed by atoms with Crippen molar-refractivity contribution < 1.29 is 29.1 Å². The molecule has 0 aromatic heterocycles. The maximum atomic E-state index is 13.4. The van der Waals surface area contributed by atoms with Crippen molar-refractivity contribution in [3.05, 3.63) is 65.2 Å². The second-order valence-electron chi connectivity index (χ2n) is 8.75. The predicted molar refractivity (Wildman–Crippen MR) is 124 cm³/mol. The summed E-state index contributed by atoms with van der Waals surface area (Å²) in [6.45, 7) is 5.11. The van der Waals surface area contributed by atoms with Crippen molar-refractivity contribution in [2.75, 3.05) is 34.3 Å². The normalized spacial score (nSPS) is 17.8. The van der Waals surface area contributed by atoms with Crippen molar-refractivity contribution in [1.29, 1.82) is 0 Å². The van der Waals surface area contributed by atoms with Gasteiger partial charge in [-0.25, -0.2) is 0 Å². The minimum absolute atomic E-state index is 0.0140. The maximum absolute atomic E-state index is 13.4. The van der Waals surface area contributed by atoms with E-state index < -0.39 is 23.5 Å². The first-order valence-corrected chi connectivity index (χ1v) is 11.2. The van der Waals surface area contributed by atoms with Crippen LogP contribution in [-0.4, -0.2) is 57.0 Å². The molecule has 0 spiro atoms. The second kappa shape index (κ2) is 10.5. The SMILES string of the molecule is COc1ccc(/C([O-])=C2\C(=O)C(=O)N(CCC[NH+](C)C)C2c2ccc(OC(C)C)cc2)cc1. The molecule has 1 amide bonds. The van der Waals surface area contributed by atoms with Gasteiger partial charge in [0.05, 0.1) is 39.9 Å². The Kier molecular flexibility index (Phi) is 7.76. The van der Waals surface area contributed by atoms with E-state index in [0.29, 0.717) is 29.2 Å². The lowest BCUT2D eigenvalue weighted by Crippen LogP contribution is -3.05. The summed E-state index contributed by atoms with van der Waals surface area (Å²) < 4.78 is 10.9. The molecule has 2 aromatic rings. The quantitative estimate of drug-likeness (QED) is 0.352. The largest absolute Gasteiger partial charge is 0.872 e. The number of nitrogens with zero attached hydrogens (tertiary/aromatic N) is 1. The molecule has 7 nitrogen and oxygen atoms in total. The van der Waals surface area contributed by atoms with Gasteiger partial charge in [0, 0.05) is 18.5 Å². The minimum atomic E-state index is -0.736. The van der Waals surface area contributed by atoms with Gasteiger partial charge >= 0.3 is 0 Å². The number of rotatable bonds is 9. The number of quaternary nitrogens is 1.